The third-order valence-corrected chi connectivity index (χ3v) is 4.69. The van der Waals surface area contributed by atoms with Crippen LogP contribution in [-0.4, -0.2) is 19.0 Å². The number of ether oxygens (including phenoxy) is 1. The monoisotopic (exact) mass is 369 g/mol. The minimum absolute atomic E-state index is 0.200. The Labute approximate surface area is 154 Å². The first-order valence-corrected chi connectivity index (χ1v) is 8.76. The molecule has 2 aromatic carbocycles. The Bertz CT molecular complexity index is 920. The molecule has 0 bridgehead atoms. The van der Waals surface area contributed by atoms with E-state index in [1.165, 1.54) is 30.6 Å². The standard InChI is InChI=1S/C20H16FNO3S/c1-25-20(24)18-16(14-7-9-15(21)10-8-14)12-26-19(18)22-17(23)11-13-5-3-2-4-6-13/h2-10,12H,11H2,1H3,(H,22,23). The maximum atomic E-state index is 13.2. The summed E-state index contributed by atoms with van der Waals surface area (Å²) < 4.78 is 18.0. The van der Waals surface area contributed by atoms with Crippen molar-refractivity contribution in [3.8, 4) is 11.1 Å². The summed E-state index contributed by atoms with van der Waals surface area (Å²) in [6.45, 7) is 0. The Morgan fingerprint density at radius 1 is 1.08 bits per heavy atom. The minimum atomic E-state index is -0.555. The van der Waals surface area contributed by atoms with E-state index in [0.717, 1.165) is 5.56 Å². The lowest BCUT2D eigenvalue weighted by atomic mass is 10.0. The van der Waals surface area contributed by atoms with Crippen molar-refractivity contribution in [3.05, 3.63) is 76.9 Å². The number of carbonyl (C=O) groups excluding carboxylic acids is 2. The molecule has 1 aromatic heterocycles. The van der Waals surface area contributed by atoms with Gasteiger partial charge in [0, 0.05) is 10.9 Å². The van der Waals surface area contributed by atoms with E-state index in [1.54, 1.807) is 17.5 Å². The van der Waals surface area contributed by atoms with Crippen molar-refractivity contribution in [2.45, 2.75) is 6.42 Å². The van der Waals surface area contributed by atoms with Gasteiger partial charge in [0.15, 0.2) is 0 Å². The summed E-state index contributed by atoms with van der Waals surface area (Å²) in [4.78, 5) is 24.6. The van der Waals surface area contributed by atoms with Gasteiger partial charge < -0.3 is 10.1 Å². The van der Waals surface area contributed by atoms with Crippen LogP contribution < -0.4 is 5.32 Å². The van der Waals surface area contributed by atoms with Crippen molar-refractivity contribution in [1.82, 2.24) is 0 Å². The first kappa shape index (κ1) is 17.8. The molecule has 0 atom stereocenters. The molecule has 3 aromatic rings. The second-order valence-corrected chi connectivity index (χ2v) is 6.44. The number of methoxy groups -OCH3 is 1. The lowest BCUT2D eigenvalue weighted by molar-refractivity contribution is -0.115. The molecule has 1 amide bonds. The van der Waals surface area contributed by atoms with E-state index in [-0.39, 0.29) is 23.7 Å². The summed E-state index contributed by atoms with van der Waals surface area (Å²) in [6, 6.07) is 15.1. The van der Waals surface area contributed by atoms with Crippen molar-refractivity contribution in [1.29, 1.82) is 0 Å². The Kier molecular flexibility index (Phi) is 5.43. The van der Waals surface area contributed by atoms with Gasteiger partial charge in [-0.05, 0) is 23.3 Å². The van der Waals surface area contributed by atoms with Crippen LogP contribution >= 0.6 is 11.3 Å². The zero-order chi connectivity index (χ0) is 18.5. The Hall–Kier alpha value is -2.99. The fourth-order valence-electron chi connectivity index (χ4n) is 2.55. The molecule has 1 N–H and O–H groups in total. The number of nitrogens with one attached hydrogen (secondary N) is 1. The molecule has 132 valence electrons. The van der Waals surface area contributed by atoms with Crippen molar-refractivity contribution in [2.24, 2.45) is 0 Å². The molecule has 0 unspecified atom stereocenters. The molecule has 0 aliphatic rings. The summed E-state index contributed by atoms with van der Waals surface area (Å²) in [5.41, 5.74) is 2.41. The quantitative estimate of drug-likeness (QED) is 0.673. The summed E-state index contributed by atoms with van der Waals surface area (Å²) in [7, 11) is 1.28. The number of rotatable bonds is 5. The number of hydrogen-bond donors (Lipinski definition) is 1. The maximum Gasteiger partial charge on any atom is 0.341 e. The van der Waals surface area contributed by atoms with Gasteiger partial charge in [0.05, 0.1) is 13.5 Å². The van der Waals surface area contributed by atoms with E-state index in [4.69, 9.17) is 4.74 Å². The van der Waals surface area contributed by atoms with Crippen molar-refractivity contribution >= 4 is 28.2 Å². The zero-order valence-corrected chi connectivity index (χ0v) is 14.8. The lowest BCUT2D eigenvalue weighted by Gasteiger charge is -2.08. The smallest absolute Gasteiger partial charge is 0.341 e. The van der Waals surface area contributed by atoms with Gasteiger partial charge in [-0.1, -0.05) is 42.5 Å². The van der Waals surface area contributed by atoms with E-state index in [0.29, 0.717) is 16.1 Å². The van der Waals surface area contributed by atoms with Crippen LogP contribution in [0.15, 0.2) is 60.0 Å². The molecule has 0 aliphatic heterocycles. The maximum absolute atomic E-state index is 13.2. The van der Waals surface area contributed by atoms with E-state index in [1.807, 2.05) is 30.3 Å². The van der Waals surface area contributed by atoms with Gasteiger partial charge in [0.1, 0.15) is 16.4 Å². The first-order chi connectivity index (χ1) is 12.6. The van der Waals surface area contributed by atoms with E-state index >= 15 is 0 Å². The number of carbonyl (C=O) groups is 2. The largest absolute Gasteiger partial charge is 0.465 e. The second-order valence-electron chi connectivity index (χ2n) is 5.56. The van der Waals surface area contributed by atoms with Gasteiger partial charge in [-0.15, -0.1) is 11.3 Å². The van der Waals surface area contributed by atoms with Crippen LogP contribution in [0, 0.1) is 5.82 Å². The Balaban J connectivity index is 1.88. The molecule has 0 aliphatic carbocycles. The third kappa shape index (κ3) is 3.97. The van der Waals surface area contributed by atoms with Crippen molar-refractivity contribution in [3.63, 3.8) is 0 Å². The molecule has 0 radical (unpaired) electrons. The van der Waals surface area contributed by atoms with Crippen molar-refractivity contribution < 1.29 is 18.7 Å². The van der Waals surface area contributed by atoms with E-state index < -0.39 is 5.97 Å². The molecule has 0 fully saturated rings. The number of halogens is 1. The molecule has 6 heteroatoms. The lowest BCUT2D eigenvalue weighted by Crippen LogP contribution is -2.16. The molecule has 0 spiro atoms. The summed E-state index contributed by atoms with van der Waals surface area (Å²) in [5.74, 6) is -1.14. The van der Waals surface area contributed by atoms with Gasteiger partial charge in [0.2, 0.25) is 5.91 Å². The molecule has 0 saturated heterocycles. The highest BCUT2D eigenvalue weighted by Crippen LogP contribution is 2.36. The zero-order valence-electron chi connectivity index (χ0n) is 14.0. The predicted octanol–water partition coefficient (Wildman–Crippen LogP) is 4.52. The van der Waals surface area contributed by atoms with Crippen LogP contribution in [0.25, 0.3) is 11.1 Å². The number of amides is 1. The fourth-order valence-corrected chi connectivity index (χ4v) is 3.52. The molecule has 26 heavy (non-hydrogen) atoms. The fraction of sp³-hybridized carbons (Fsp3) is 0.100. The number of benzene rings is 2. The molecule has 4 nitrogen and oxygen atoms in total. The summed E-state index contributed by atoms with van der Waals surface area (Å²) in [5, 5.41) is 4.94. The average Bonchev–Trinajstić information content (AvgIpc) is 3.06. The molecule has 0 saturated carbocycles. The Morgan fingerprint density at radius 2 is 1.77 bits per heavy atom. The topological polar surface area (TPSA) is 55.4 Å². The van der Waals surface area contributed by atoms with Crippen LogP contribution in [0.5, 0.6) is 0 Å². The summed E-state index contributed by atoms with van der Waals surface area (Å²) >= 11 is 1.23. The number of esters is 1. The normalized spacial score (nSPS) is 10.4. The van der Waals surface area contributed by atoms with Crippen LogP contribution in [-0.2, 0) is 16.0 Å². The van der Waals surface area contributed by atoms with E-state index in [2.05, 4.69) is 5.32 Å². The number of hydrogen-bond acceptors (Lipinski definition) is 4. The van der Waals surface area contributed by atoms with Gasteiger partial charge in [-0.25, -0.2) is 9.18 Å². The molecule has 1 heterocycles. The van der Waals surface area contributed by atoms with Crippen LogP contribution in [0.4, 0.5) is 9.39 Å². The predicted molar refractivity (Wildman–Crippen MR) is 99.8 cm³/mol. The first-order valence-electron chi connectivity index (χ1n) is 7.88. The second kappa shape index (κ2) is 7.93. The highest BCUT2D eigenvalue weighted by atomic mass is 32.1. The highest BCUT2D eigenvalue weighted by Gasteiger charge is 2.22. The number of anilines is 1. The molecule has 3 rings (SSSR count). The van der Waals surface area contributed by atoms with Crippen LogP contribution in [0.1, 0.15) is 15.9 Å². The minimum Gasteiger partial charge on any atom is -0.465 e. The highest BCUT2D eigenvalue weighted by molar-refractivity contribution is 7.15. The van der Waals surface area contributed by atoms with Gasteiger partial charge >= 0.3 is 5.97 Å². The van der Waals surface area contributed by atoms with Gasteiger partial charge in [-0.3, -0.25) is 4.79 Å². The molecular formula is C20H16FNO3S. The van der Waals surface area contributed by atoms with Crippen LogP contribution in [0.2, 0.25) is 0 Å². The van der Waals surface area contributed by atoms with Crippen molar-refractivity contribution in [2.75, 3.05) is 12.4 Å². The molecular weight excluding hydrogens is 353 g/mol. The average molecular weight is 369 g/mol. The van der Waals surface area contributed by atoms with Gasteiger partial charge in [0.25, 0.3) is 0 Å². The number of thiophene rings is 1. The summed E-state index contributed by atoms with van der Waals surface area (Å²) in [6.07, 6.45) is 0.200. The Morgan fingerprint density at radius 3 is 2.42 bits per heavy atom. The van der Waals surface area contributed by atoms with Crippen LogP contribution in [0.3, 0.4) is 0 Å². The SMILES string of the molecule is COC(=O)c1c(-c2ccc(F)cc2)csc1NC(=O)Cc1ccccc1. The van der Waals surface area contributed by atoms with Gasteiger partial charge in [-0.2, -0.15) is 0 Å². The third-order valence-electron chi connectivity index (χ3n) is 3.80. The van der Waals surface area contributed by atoms with E-state index in [9.17, 15) is 14.0 Å².